The SMILES string of the molecule is CC(=O)O.Cc1cc(OCC(=O)N2C[C@@H]3CCN[C@@H]3C2)c2c(C)c(C)c(=O)oc2c1. The molecule has 2 aromatic rings. The molecule has 2 saturated heterocycles. The fraction of sp³-hybridized carbons (Fsp3) is 0.500. The first kappa shape index (κ1) is 21.8. The van der Waals surface area contributed by atoms with Crippen molar-refractivity contribution in [2.75, 3.05) is 26.2 Å². The maximum Gasteiger partial charge on any atom is 0.339 e. The highest BCUT2D eigenvalue weighted by atomic mass is 16.5. The van der Waals surface area contributed by atoms with E-state index in [1.165, 1.54) is 0 Å². The Morgan fingerprint density at radius 3 is 2.60 bits per heavy atom. The standard InChI is InChI=1S/C20H24N2O4.C2H4O2/c1-11-6-16(19-12(2)13(3)20(24)26-17(19)7-11)25-10-18(23)22-8-14-4-5-21-15(14)9-22;1-2(3)4/h6-7,14-15,21H,4-5,8-10H2,1-3H3;1H3,(H,3,4)/t14-,15+;/m0./s1. The number of carboxylic acid groups (broad SMARTS) is 1. The number of hydrogen-bond donors (Lipinski definition) is 2. The number of aryl methyl sites for hydroxylation is 2. The lowest BCUT2D eigenvalue weighted by molar-refractivity contribution is -0.134. The number of carboxylic acids is 1. The van der Waals surface area contributed by atoms with Crippen LogP contribution in [0.5, 0.6) is 5.75 Å². The van der Waals surface area contributed by atoms with Crippen LogP contribution in [-0.2, 0) is 9.59 Å². The molecule has 8 heteroatoms. The van der Waals surface area contributed by atoms with Crippen molar-refractivity contribution in [2.45, 2.75) is 40.2 Å². The molecule has 162 valence electrons. The van der Waals surface area contributed by atoms with Crippen LogP contribution in [0, 0.1) is 26.7 Å². The lowest BCUT2D eigenvalue weighted by atomic mass is 10.0. The lowest BCUT2D eigenvalue weighted by Crippen LogP contribution is -2.36. The van der Waals surface area contributed by atoms with Gasteiger partial charge >= 0.3 is 5.63 Å². The molecule has 1 aromatic heterocycles. The number of benzene rings is 1. The van der Waals surface area contributed by atoms with Crippen LogP contribution in [0.2, 0.25) is 0 Å². The summed E-state index contributed by atoms with van der Waals surface area (Å²) < 4.78 is 11.3. The molecule has 2 aliphatic heterocycles. The normalized spacial score (nSPS) is 19.9. The maximum atomic E-state index is 12.6. The number of nitrogens with zero attached hydrogens (tertiary/aromatic N) is 1. The second kappa shape index (κ2) is 8.87. The molecule has 8 nitrogen and oxygen atoms in total. The highest BCUT2D eigenvalue weighted by Crippen LogP contribution is 2.31. The van der Waals surface area contributed by atoms with Gasteiger partial charge in [-0.3, -0.25) is 9.59 Å². The van der Waals surface area contributed by atoms with Gasteiger partial charge in [-0.1, -0.05) is 0 Å². The molecule has 1 amide bonds. The van der Waals surface area contributed by atoms with Crippen LogP contribution in [0.4, 0.5) is 0 Å². The molecule has 0 spiro atoms. The fourth-order valence-electron chi connectivity index (χ4n) is 4.09. The highest BCUT2D eigenvalue weighted by Gasteiger charge is 2.37. The molecule has 3 heterocycles. The number of aliphatic carboxylic acids is 1. The summed E-state index contributed by atoms with van der Waals surface area (Å²) in [5.41, 5.74) is 2.49. The van der Waals surface area contributed by atoms with Gasteiger partial charge in [-0.2, -0.15) is 0 Å². The van der Waals surface area contributed by atoms with Crippen molar-refractivity contribution in [1.82, 2.24) is 10.2 Å². The Morgan fingerprint density at radius 2 is 1.93 bits per heavy atom. The van der Waals surface area contributed by atoms with Crippen LogP contribution in [0.3, 0.4) is 0 Å². The topological polar surface area (TPSA) is 109 Å². The zero-order valence-electron chi connectivity index (χ0n) is 17.8. The third-order valence-corrected chi connectivity index (χ3v) is 5.72. The zero-order valence-corrected chi connectivity index (χ0v) is 17.8. The molecule has 2 N–H and O–H groups in total. The fourth-order valence-corrected chi connectivity index (χ4v) is 4.09. The minimum absolute atomic E-state index is 0.00242. The molecule has 0 bridgehead atoms. The number of carbonyl (C=O) groups is 2. The van der Waals surface area contributed by atoms with E-state index in [0.29, 0.717) is 28.9 Å². The number of fused-ring (bicyclic) bond motifs is 2. The molecule has 2 atom stereocenters. The monoisotopic (exact) mass is 416 g/mol. The van der Waals surface area contributed by atoms with Crippen molar-refractivity contribution >= 4 is 22.8 Å². The Hall–Kier alpha value is -2.87. The summed E-state index contributed by atoms with van der Waals surface area (Å²) in [4.78, 5) is 35.4. The molecule has 0 radical (unpaired) electrons. The van der Waals surface area contributed by atoms with E-state index in [0.717, 1.165) is 49.5 Å². The van der Waals surface area contributed by atoms with E-state index in [9.17, 15) is 9.59 Å². The third-order valence-electron chi connectivity index (χ3n) is 5.72. The summed E-state index contributed by atoms with van der Waals surface area (Å²) in [6.45, 7) is 9.23. The maximum absolute atomic E-state index is 12.6. The molecule has 30 heavy (non-hydrogen) atoms. The van der Waals surface area contributed by atoms with Gasteiger partial charge < -0.3 is 24.5 Å². The largest absolute Gasteiger partial charge is 0.483 e. The Bertz CT molecular complexity index is 1010. The number of hydrogen-bond acceptors (Lipinski definition) is 6. The average molecular weight is 416 g/mol. The van der Waals surface area contributed by atoms with E-state index >= 15 is 0 Å². The summed E-state index contributed by atoms with van der Waals surface area (Å²) in [6, 6.07) is 4.14. The predicted octanol–water partition coefficient (Wildman–Crippen LogP) is 2.01. The quantitative estimate of drug-likeness (QED) is 0.737. The molecule has 0 aliphatic carbocycles. The van der Waals surface area contributed by atoms with Crippen LogP contribution in [0.1, 0.15) is 30.0 Å². The van der Waals surface area contributed by atoms with E-state index in [-0.39, 0.29) is 18.1 Å². The van der Waals surface area contributed by atoms with Crippen LogP contribution in [0.25, 0.3) is 11.0 Å². The summed E-state index contributed by atoms with van der Waals surface area (Å²) >= 11 is 0. The van der Waals surface area contributed by atoms with Gasteiger partial charge in [0.2, 0.25) is 0 Å². The van der Waals surface area contributed by atoms with Crippen LogP contribution >= 0.6 is 0 Å². The summed E-state index contributed by atoms with van der Waals surface area (Å²) in [6.07, 6.45) is 1.13. The van der Waals surface area contributed by atoms with Gasteiger partial charge in [-0.25, -0.2) is 4.79 Å². The van der Waals surface area contributed by atoms with E-state index in [1.807, 2.05) is 30.9 Å². The molecule has 2 aliphatic rings. The minimum Gasteiger partial charge on any atom is -0.483 e. The van der Waals surface area contributed by atoms with Gasteiger partial charge in [0.25, 0.3) is 11.9 Å². The van der Waals surface area contributed by atoms with E-state index in [4.69, 9.17) is 19.1 Å². The van der Waals surface area contributed by atoms with Crippen LogP contribution in [0.15, 0.2) is 21.3 Å². The van der Waals surface area contributed by atoms with E-state index in [2.05, 4.69) is 5.32 Å². The molecular formula is C22H28N2O6. The summed E-state index contributed by atoms with van der Waals surface area (Å²) in [7, 11) is 0. The first-order valence-electron chi connectivity index (χ1n) is 10.1. The van der Waals surface area contributed by atoms with Crippen molar-refractivity contribution in [3.8, 4) is 5.75 Å². The van der Waals surface area contributed by atoms with Gasteiger partial charge in [-0.05, 0) is 62.9 Å². The Morgan fingerprint density at radius 1 is 1.23 bits per heavy atom. The molecule has 4 rings (SSSR count). The van der Waals surface area contributed by atoms with Crippen molar-refractivity contribution in [3.05, 3.63) is 39.2 Å². The molecule has 0 saturated carbocycles. The van der Waals surface area contributed by atoms with Crippen molar-refractivity contribution in [3.63, 3.8) is 0 Å². The summed E-state index contributed by atoms with van der Waals surface area (Å²) in [5, 5.41) is 11.6. The Balaban J connectivity index is 0.000000589. The van der Waals surface area contributed by atoms with Crippen LogP contribution < -0.4 is 15.7 Å². The number of amides is 1. The van der Waals surface area contributed by atoms with Gasteiger partial charge in [-0.15, -0.1) is 0 Å². The molecular weight excluding hydrogens is 388 g/mol. The first-order valence-corrected chi connectivity index (χ1v) is 10.1. The van der Waals surface area contributed by atoms with Crippen molar-refractivity contribution in [2.24, 2.45) is 5.92 Å². The second-order valence-electron chi connectivity index (χ2n) is 7.99. The van der Waals surface area contributed by atoms with Crippen molar-refractivity contribution in [1.29, 1.82) is 0 Å². The van der Waals surface area contributed by atoms with Gasteiger partial charge in [0.1, 0.15) is 11.3 Å². The smallest absolute Gasteiger partial charge is 0.339 e. The molecule has 0 unspecified atom stereocenters. The highest BCUT2D eigenvalue weighted by molar-refractivity contribution is 5.88. The van der Waals surface area contributed by atoms with Gasteiger partial charge in [0, 0.05) is 31.6 Å². The minimum atomic E-state index is -0.833. The predicted molar refractivity (Wildman–Crippen MR) is 112 cm³/mol. The van der Waals surface area contributed by atoms with Crippen LogP contribution in [-0.4, -0.2) is 54.2 Å². The Labute approximate surface area is 174 Å². The van der Waals surface area contributed by atoms with E-state index in [1.54, 1.807) is 6.92 Å². The number of ether oxygens (including phenoxy) is 1. The van der Waals surface area contributed by atoms with E-state index < -0.39 is 5.97 Å². The van der Waals surface area contributed by atoms with Gasteiger partial charge in [0.15, 0.2) is 6.61 Å². The van der Waals surface area contributed by atoms with Gasteiger partial charge in [0.05, 0.1) is 5.39 Å². The lowest BCUT2D eigenvalue weighted by Gasteiger charge is -2.18. The number of rotatable bonds is 3. The number of carbonyl (C=O) groups excluding carboxylic acids is 1. The number of likely N-dealkylation sites (tertiary alicyclic amines) is 1. The second-order valence-corrected chi connectivity index (χ2v) is 7.99. The molecule has 2 fully saturated rings. The third kappa shape index (κ3) is 4.64. The number of nitrogens with one attached hydrogen (secondary N) is 1. The molecule has 1 aromatic carbocycles. The summed E-state index contributed by atoms with van der Waals surface area (Å²) in [5.74, 6) is 0.329. The zero-order chi connectivity index (χ0) is 22.0. The first-order chi connectivity index (χ1) is 14.2. The van der Waals surface area contributed by atoms with Crippen molar-refractivity contribution < 1.29 is 23.8 Å². The Kier molecular flexibility index (Phi) is 6.45. The average Bonchev–Trinajstić information content (AvgIpc) is 3.25.